The molecule has 0 saturated heterocycles. The Labute approximate surface area is 107 Å². The maximum atomic E-state index is 12.3. The Morgan fingerprint density at radius 1 is 1.56 bits per heavy atom. The first-order chi connectivity index (χ1) is 8.63. The highest BCUT2D eigenvalue weighted by Gasteiger charge is 2.18. The van der Waals surface area contributed by atoms with Crippen LogP contribution in [0.1, 0.15) is 23.7 Å². The van der Waals surface area contributed by atoms with Crippen molar-refractivity contribution in [1.82, 2.24) is 4.90 Å². The highest BCUT2D eigenvalue weighted by atomic mass is 16.5. The number of ether oxygens (including phenoxy) is 1. The molecule has 1 rings (SSSR count). The van der Waals surface area contributed by atoms with Gasteiger partial charge in [0.1, 0.15) is 5.75 Å². The first-order valence-electron chi connectivity index (χ1n) is 5.73. The number of nitrogens with zero attached hydrogens (tertiary/aromatic N) is 2. The molecule has 1 amide bonds. The molecule has 0 radical (unpaired) electrons. The standard InChI is InChI=1S/C13H17N3O2/c1-3-16(8-4-7-14)13(17)11-6-5-10(15)9-12(11)18-2/h5-6,9H,3-4,8,15H2,1-2H3. The van der Waals surface area contributed by atoms with Gasteiger partial charge in [0.25, 0.3) is 5.91 Å². The zero-order chi connectivity index (χ0) is 13.5. The summed E-state index contributed by atoms with van der Waals surface area (Å²) in [5, 5.41) is 8.57. The predicted octanol–water partition coefficient (Wildman–Crippen LogP) is 1.65. The molecule has 2 N–H and O–H groups in total. The summed E-state index contributed by atoms with van der Waals surface area (Å²) in [5.74, 6) is 0.306. The van der Waals surface area contributed by atoms with Gasteiger partial charge in [-0.3, -0.25) is 4.79 Å². The third kappa shape index (κ3) is 3.14. The summed E-state index contributed by atoms with van der Waals surface area (Å²) in [6.07, 6.45) is 0.316. The van der Waals surface area contributed by atoms with Gasteiger partial charge in [0.2, 0.25) is 0 Å². The second-order valence-electron chi connectivity index (χ2n) is 3.75. The maximum Gasteiger partial charge on any atom is 0.257 e. The number of anilines is 1. The van der Waals surface area contributed by atoms with Gasteiger partial charge in [-0.1, -0.05) is 0 Å². The average molecular weight is 247 g/mol. The van der Waals surface area contributed by atoms with E-state index in [1.807, 2.05) is 13.0 Å². The van der Waals surface area contributed by atoms with Crippen LogP contribution in [0.5, 0.6) is 5.75 Å². The highest BCUT2D eigenvalue weighted by molar-refractivity contribution is 5.97. The molecule has 0 heterocycles. The lowest BCUT2D eigenvalue weighted by atomic mass is 10.1. The molecule has 0 spiro atoms. The Bertz CT molecular complexity index is 466. The number of carbonyl (C=O) groups excluding carboxylic acids is 1. The van der Waals surface area contributed by atoms with E-state index in [4.69, 9.17) is 15.7 Å². The Hall–Kier alpha value is -2.22. The number of nitrogens with two attached hydrogens (primary N) is 1. The van der Waals surface area contributed by atoms with Gasteiger partial charge in [0.05, 0.1) is 25.2 Å². The van der Waals surface area contributed by atoms with Crippen LogP contribution in [0.4, 0.5) is 5.69 Å². The number of carbonyl (C=O) groups is 1. The summed E-state index contributed by atoms with van der Waals surface area (Å²) < 4.78 is 5.15. The fourth-order valence-electron chi connectivity index (χ4n) is 1.64. The summed E-state index contributed by atoms with van der Waals surface area (Å²) >= 11 is 0. The van der Waals surface area contributed by atoms with E-state index in [-0.39, 0.29) is 5.91 Å². The van der Waals surface area contributed by atoms with Crippen molar-refractivity contribution in [3.63, 3.8) is 0 Å². The molecular weight excluding hydrogens is 230 g/mol. The molecule has 5 nitrogen and oxygen atoms in total. The number of amides is 1. The lowest BCUT2D eigenvalue weighted by Gasteiger charge is -2.20. The molecule has 5 heteroatoms. The topological polar surface area (TPSA) is 79.4 Å². The zero-order valence-electron chi connectivity index (χ0n) is 10.6. The first-order valence-corrected chi connectivity index (χ1v) is 5.73. The molecule has 1 aromatic carbocycles. The highest BCUT2D eigenvalue weighted by Crippen LogP contribution is 2.23. The van der Waals surface area contributed by atoms with Crippen molar-refractivity contribution in [2.45, 2.75) is 13.3 Å². The molecule has 0 aliphatic heterocycles. The van der Waals surface area contributed by atoms with Crippen LogP contribution in [0, 0.1) is 11.3 Å². The van der Waals surface area contributed by atoms with E-state index in [2.05, 4.69) is 0 Å². The van der Waals surface area contributed by atoms with E-state index in [1.54, 1.807) is 23.1 Å². The van der Waals surface area contributed by atoms with Gasteiger partial charge in [0, 0.05) is 24.8 Å². The number of nitrogen functional groups attached to an aromatic ring is 1. The van der Waals surface area contributed by atoms with Crippen molar-refractivity contribution >= 4 is 11.6 Å². The number of benzene rings is 1. The average Bonchev–Trinajstić information content (AvgIpc) is 2.39. The van der Waals surface area contributed by atoms with Crippen molar-refractivity contribution < 1.29 is 9.53 Å². The number of rotatable bonds is 5. The van der Waals surface area contributed by atoms with E-state index in [9.17, 15) is 4.79 Å². The molecule has 0 atom stereocenters. The van der Waals surface area contributed by atoms with Gasteiger partial charge in [0.15, 0.2) is 0 Å². The molecule has 0 fully saturated rings. The third-order valence-corrected chi connectivity index (χ3v) is 2.62. The van der Waals surface area contributed by atoms with Crippen LogP contribution in [-0.4, -0.2) is 31.0 Å². The van der Waals surface area contributed by atoms with Gasteiger partial charge < -0.3 is 15.4 Å². The van der Waals surface area contributed by atoms with Crippen LogP contribution in [0.15, 0.2) is 18.2 Å². The normalized spacial score (nSPS) is 9.61. The Morgan fingerprint density at radius 2 is 2.28 bits per heavy atom. The van der Waals surface area contributed by atoms with Crippen LogP contribution in [0.25, 0.3) is 0 Å². The second-order valence-corrected chi connectivity index (χ2v) is 3.75. The fraction of sp³-hybridized carbons (Fsp3) is 0.385. The molecule has 18 heavy (non-hydrogen) atoms. The van der Waals surface area contributed by atoms with Crippen LogP contribution in [-0.2, 0) is 0 Å². The molecule has 0 unspecified atom stereocenters. The third-order valence-electron chi connectivity index (χ3n) is 2.62. The largest absolute Gasteiger partial charge is 0.496 e. The minimum Gasteiger partial charge on any atom is -0.496 e. The van der Waals surface area contributed by atoms with Crippen LogP contribution >= 0.6 is 0 Å². The van der Waals surface area contributed by atoms with Gasteiger partial charge in [-0.2, -0.15) is 5.26 Å². The monoisotopic (exact) mass is 247 g/mol. The lowest BCUT2D eigenvalue weighted by Crippen LogP contribution is -2.31. The molecule has 0 aliphatic rings. The minimum atomic E-state index is -0.149. The Balaban J connectivity index is 2.98. The van der Waals surface area contributed by atoms with Gasteiger partial charge in [-0.05, 0) is 19.1 Å². The molecule has 0 bridgehead atoms. The van der Waals surface area contributed by atoms with Crippen molar-refractivity contribution in [2.24, 2.45) is 0 Å². The zero-order valence-corrected chi connectivity index (χ0v) is 10.6. The van der Waals surface area contributed by atoms with E-state index in [0.717, 1.165) is 0 Å². The van der Waals surface area contributed by atoms with Gasteiger partial charge in [-0.15, -0.1) is 0 Å². The number of nitriles is 1. The van der Waals surface area contributed by atoms with E-state index >= 15 is 0 Å². The summed E-state index contributed by atoms with van der Waals surface area (Å²) in [4.78, 5) is 13.9. The fourth-order valence-corrected chi connectivity index (χ4v) is 1.64. The van der Waals surface area contributed by atoms with Gasteiger partial charge in [-0.25, -0.2) is 0 Å². The quantitative estimate of drug-likeness (QED) is 0.802. The molecule has 0 saturated carbocycles. The Morgan fingerprint density at radius 3 is 2.83 bits per heavy atom. The van der Waals surface area contributed by atoms with E-state index < -0.39 is 0 Å². The molecule has 1 aromatic rings. The number of hydrogen-bond acceptors (Lipinski definition) is 4. The molecule has 96 valence electrons. The first kappa shape index (κ1) is 13.8. The van der Waals surface area contributed by atoms with Crippen molar-refractivity contribution in [3.05, 3.63) is 23.8 Å². The van der Waals surface area contributed by atoms with Crippen LogP contribution in [0.3, 0.4) is 0 Å². The Kier molecular flexibility index (Phi) is 5.00. The minimum absolute atomic E-state index is 0.149. The number of hydrogen-bond donors (Lipinski definition) is 1. The molecule has 0 aliphatic carbocycles. The summed E-state index contributed by atoms with van der Waals surface area (Å²) in [5.41, 5.74) is 6.65. The SMILES string of the molecule is CCN(CCC#N)C(=O)c1ccc(N)cc1OC. The van der Waals surface area contributed by atoms with Crippen molar-refractivity contribution in [3.8, 4) is 11.8 Å². The maximum absolute atomic E-state index is 12.3. The van der Waals surface area contributed by atoms with Crippen LogP contribution in [0.2, 0.25) is 0 Å². The second kappa shape index (κ2) is 6.50. The predicted molar refractivity (Wildman–Crippen MR) is 69.2 cm³/mol. The summed E-state index contributed by atoms with van der Waals surface area (Å²) in [6, 6.07) is 6.95. The number of methoxy groups -OCH3 is 1. The molecule has 0 aromatic heterocycles. The van der Waals surface area contributed by atoms with E-state index in [0.29, 0.717) is 36.5 Å². The van der Waals surface area contributed by atoms with Crippen molar-refractivity contribution in [2.75, 3.05) is 25.9 Å². The molecular formula is C13H17N3O2. The van der Waals surface area contributed by atoms with Gasteiger partial charge >= 0.3 is 0 Å². The van der Waals surface area contributed by atoms with Crippen molar-refractivity contribution in [1.29, 1.82) is 5.26 Å². The van der Waals surface area contributed by atoms with E-state index in [1.165, 1.54) is 7.11 Å². The summed E-state index contributed by atoms with van der Waals surface area (Å²) in [6.45, 7) is 2.84. The summed E-state index contributed by atoms with van der Waals surface area (Å²) in [7, 11) is 1.50. The lowest BCUT2D eigenvalue weighted by molar-refractivity contribution is 0.0764. The van der Waals surface area contributed by atoms with Crippen LogP contribution < -0.4 is 10.5 Å². The smallest absolute Gasteiger partial charge is 0.257 e.